The SMILES string of the molecule is Cc1ccc2c(c1-c1cc3c(cc1N(c1ccccc1)c1ccc(-c4ccccc4)cc1)C1(c4ccccc4-c4ccccc41)c1ccccc1-3)C(C)(C)CCC2(C)C. The largest absolute Gasteiger partial charge is 0.310 e. The fraction of sp³-hybridized carbons (Fsp3) is 0.172. The van der Waals surface area contributed by atoms with Gasteiger partial charge in [0.15, 0.2) is 0 Å². The van der Waals surface area contributed by atoms with Crippen molar-refractivity contribution in [2.45, 2.75) is 63.7 Å². The van der Waals surface area contributed by atoms with Crippen LogP contribution in [0.5, 0.6) is 0 Å². The molecule has 59 heavy (non-hydrogen) atoms. The summed E-state index contributed by atoms with van der Waals surface area (Å²) < 4.78 is 0. The first kappa shape index (κ1) is 35.7. The van der Waals surface area contributed by atoms with Crippen LogP contribution in [0.4, 0.5) is 17.1 Å². The first-order chi connectivity index (χ1) is 28.7. The summed E-state index contributed by atoms with van der Waals surface area (Å²) >= 11 is 0. The molecule has 0 aromatic heterocycles. The maximum atomic E-state index is 2.60. The summed E-state index contributed by atoms with van der Waals surface area (Å²) in [5, 5.41) is 0. The lowest BCUT2D eigenvalue weighted by Crippen LogP contribution is -2.34. The molecule has 0 bridgehead atoms. The van der Waals surface area contributed by atoms with Crippen LogP contribution < -0.4 is 4.90 Å². The summed E-state index contributed by atoms with van der Waals surface area (Å²) in [6.45, 7) is 12.2. The Morgan fingerprint density at radius 3 is 1.49 bits per heavy atom. The number of hydrogen-bond acceptors (Lipinski definition) is 1. The molecular formula is C58H49N. The van der Waals surface area contributed by atoms with E-state index in [4.69, 9.17) is 0 Å². The number of aryl methyl sites for hydroxylation is 1. The minimum Gasteiger partial charge on any atom is -0.310 e. The van der Waals surface area contributed by atoms with Gasteiger partial charge in [-0.15, -0.1) is 0 Å². The first-order valence-electron chi connectivity index (χ1n) is 21.3. The Balaban J connectivity index is 1.28. The monoisotopic (exact) mass is 759 g/mol. The third-order valence-corrected chi connectivity index (χ3v) is 14.1. The number of nitrogens with zero attached hydrogens (tertiary/aromatic N) is 1. The average Bonchev–Trinajstić information content (AvgIpc) is 3.73. The van der Waals surface area contributed by atoms with Gasteiger partial charge in [0.05, 0.1) is 11.1 Å². The van der Waals surface area contributed by atoms with E-state index in [0.29, 0.717) is 0 Å². The predicted molar refractivity (Wildman–Crippen MR) is 248 cm³/mol. The van der Waals surface area contributed by atoms with Gasteiger partial charge in [-0.1, -0.05) is 173 Å². The number of benzene rings is 8. The highest BCUT2D eigenvalue weighted by atomic mass is 15.1. The Kier molecular flexibility index (Phi) is 7.89. The van der Waals surface area contributed by atoms with Crippen molar-refractivity contribution in [2.24, 2.45) is 0 Å². The second kappa shape index (κ2) is 13.0. The maximum Gasteiger partial charge on any atom is 0.0726 e. The van der Waals surface area contributed by atoms with Gasteiger partial charge in [-0.2, -0.15) is 0 Å². The molecular weight excluding hydrogens is 711 g/mol. The van der Waals surface area contributed by atoms with E-state index >= 15 is 0 Å². The second-order valence-electron chi connectivity index (χ2n) is 18.3. The lowest BCUT2D eigenvalue weighted by Gasteiger charge is -2.44. The van der Waals surface area contributed by atoms with Gasteiger partial charge in [0.1, 0.15) is 0 Å². The van der Waals surface area contributed by atoms with Crippen LogP contribution >= 0.6 is 0 Å². The molecule has 286 valence electrons. The van der Waals surface area contributed by atoms with Crippen LogP contribution in [0.2, 0.25) is 0 Å². The van der Waals surface area contributed by atoms with Gasteiger partial charge >= 0.3 is 0 Å². The Morgan fingerprint density at radius 1 is 0.390 bits per heavy atom. The number of para-hydroxylation sites is 1. The van der Waals surface area contributed by atoms with Crippen molar-refractivity contribution >= 4 is 17.1 Å². The fourth-order valence-corrected chi connectivity index (χ4v) is 11.2. The highest BCUT2D eigenvalue weighted by molar-refractivity contribution is 6.01. The van der Waals surface area contributed by atoms with Crippen LogP contribution in [0.25, 0.3) is 44.5 Å². The van der Waals surface area contributed by atoms with Crippen LogP contribution in [0.3, 0.4) is 0 Å². The van der Waals surface area contributed by atoms with Gasteiger partial charge in [0.2, 0.25) is 0 Å². The molecule has 0 heterocycles. The molecule has 0 N–H and O–H groups in total. The summed E-state index contributed by atoms with van der Waals surface area (Å²) in [6, 6.07) is 68.5. The molecule has 0 saturated heterocycles. The van der Waals surface area contributed by atoms with E-state index in [1.165, 1.54) is 95.6 Å². The lowest BCUT2D eigenvalue weighted by atomic mass is 9.61. The number of anilines is 3. The molecule has 0 unspecified atom stereocenters. The van der Waals surface area contributed by atoms with E-state index in [9.17, 15) is 0 Å². The average molecular weight is 760 g/mol. The summed E-state index contributed by atoms with van der Waals surface area (Å²) in [4.78, 5) is 2.54. The van der Waals surface area contributed by atoms with Crippen molar-refractivity contribution in [3.05, 3.63) is 221 Å². The van der Waals surface area contributed by atoms with Crippen LogP contribution in [-0.2, 0) is 16.2 Å². The Labute approximate surface area is 349 Å². The lowest BCUT2D eigenvalue weighted by molar-refractivity contribution is 0.332. The molecule has 3 aliphatic rings. The van der Waals surface area contributed by atoms with Gasteiger partial charge < -0.3 is 4.90 Å². The molecule has 3 aliphatic carbocycles. The minimum atomic E-state index is -0.460. The van der Waals surface area contributed by atoms with Crippen molar-refractivity contribution in [1.82, 2.24) is 0 Å². The van der Waals surface area contributed by atoms with Crippen molar-refractivity contribution in [3.8, 4) is 44.5 Å². The number of hydrogen-bond donors (Lipinski definition) is 0. The van der Waals surface area contributed by atoms with Crippen LogP contribution in [-0.4, -0.2) is 0 Å². The van der Waals surface area contributed by atoms with Gasteiger partial charge in [-0.3, -0.25) is 0 Å². The first-order valence-corrected chi connectivity index (χ1v) is 21.3. The smallest absolute Gasteiger partial charge is 0.0726 e. The molecule has 1 nitrogen and oxygen atoms in total. The number of rotatable bonds is 5. The summed E-state index contributed by atoms with van der Waals surface area (Å²) in [5.41, 5.74) is 23.2. The topological polar surface area (TPSA) is 3.24 Å². The molecule has 0 aliphatic heterocycles. The molecule has 1 heteroatoms. The van der Waals surface area contributed by atoms with Crippen molar-refractivity contribution in [1.29, 1.82) is 0 Å². The van der Waals surface area contributed by atoms with Crippen LogP contribution in [0.1, 0.15) is 79.5 Å². The van der Waals surface area contributed by atoms with E-state index in [0.717, 1.165) is 17.8 Å². The zero-order valence-corrected chi connectivity index (χ0v) is 34.7. The number of fused-ring (bicyclic) bond motifs is 11. The van der Waals surface area contributed by atoms with Gasteiger partial charge in [0.25, 0.3) is 0 Å². The zero-order valence-electron chi connectivity index (χ0n) is 34.7. The maximum absolute atomic E-state index is 2.60. The normalized spacial score (nSPS) is 15.8. The van der Waals surface area contributed by atoms with Gasteiger partial charge in [-0.05, 0) is 145 Å². The van der Waals surface area contributed by atoms with E-state index in [1.54, 1.807) is 0 Å². The van der Waals surface area contributed by atoms with Gasteiger partial charge in [-0.25, -0.2) is 0 Å². The summed E-state index contributed by atoms with van der Waals surface area (Å²) in [5.74, 6) is 0. The fourth-order valence-electron chi connectivity index (χ4n) is 11.2. The molecule has 0 amide bonds. The van der Waals surface area contributed by atoms with E-state index < -0.39 is 5.41 Å². The summed E-state index contributed by atoms with van der Waals surface area (Å²) in [7, 11) is 0. The third kappa shape index (κ3) is 5.17. The Bertz CT molecular complexity index is 2890. The van der Waals surface area contributed by atoms with Crippen LogP contribution in [0, 0.1) is 6.92 Å². The highest BCUT2D eigenvalue weighted by Crippen LogP contribution is 2.65. The quantitative estimate of drug-likeness (QED) is 0.169. The van der Waals surface area contributed by atoms with E-state index in [1.807, 2.05) is 0 Å². The summed E-state index contributed by atoms with van der Waals surface area (Å²) in [6.07, 6.45) is 2.32. The zero-order chi connectivity index (χ0) is 40.1. The molecule has 0 saturated carbocycles. The molecule has 11 rings (SSSR count). The molecule has 1 spiro atoms. The highest BCUT2D eigenvalue weighted by Gasteiger charge is 2.52. The minimum absolute atomic E-state index is 0.000137. The molecule has 8 aromatic rings. The van der Waals surface area contributed by atoms with E-state index in [-0.39, 0.29) is 10.8 Å². The van der Waals surface area contributed by atoms with Crippen molar-refractivity contribution in [2.75, 3.05) is 4.90 Å². The van der Waals surface area contributed by atoms with Crippen molar-refractivity contribution < 1.29 is 0 Å². The van der Waals surface area contributed by atoms with E-state index in [2.05, 4.69) is 222 Å². The Morgan fingerprint density at radius 2 is 0.881 bits per heavy atom. The molecule has 0 atom stereocenters. The molecule has 8 aromatic carbocycles. The molecule has 0 fully saturated rings. The van der Waals surface area contributed by atoms with Crippen LogP contribution in [0.15, 0.2) is 182 Å². The predicted octanol–water partition coefficient (Wildman–Crippen LogP) is 15.5. The third-order valence-electron chi connectivity index (χ3n) is 14.1. The Hall–Kier alpha value is -6.44. The molecule has 0 radical (unpaired) electrons. The van der Waals surface area contributed by atoms with Gasteiger partial charge in [0, 0.05) is 16.9 Å². The second-order valence-corrected chi connectivity index (χ2v) is 18.3. The van der Waals surface area contributed by atoms with Crippen molar-refractivity contribution in [3.63, 3.8) is 0 Å². The standard InChI is InChI=1S/C58H49N/c1-38-28-33-51-55(57(4,5)35-34-56(51,2)3)54(38)47-36-46-45-24-14-17-27-50(45)58(48-25-15-12-22-43(48)44-23-13-16-26-49(44)58)52(46)37-53(47)59(41-20-10-7-11-21-41)42-31-29-40(30-32-42)39-18-8-6-9-19-39/h6-33,36-37H,34-35H2,1-5H3.